The molecule has 0 spiro atoms. The van der Waals surface area contributed by atoms with Crippen molar-refractivity contribution in [1.29, 1.82) is 0 Å². The maximum atomic E-state index is 12.0. The van der Waals surface area contributed by atoms with E-state index < -0.39 is 6.04 Å². The Kier molecular flexibility index (Phi) is 5.84. The summed E-state index contributed by atoms with van der Waals surface area (Å²) in [5.74, 6) is -0.342. The summed E-state index contributed by atoms with van der Waals surface area (Å²) in [7, 11) is 1.38. The third-order valence-electron chi connectivity index (χ3n) is 3.28. The van der Waals surface area contributed by atoms with Crippen LogP contribution in [0.15, 0.2) is 22.7 Å². The Hall–Kier alpha value is -0.620. The molecular formula is C14H17BrClNO3. The highest BCUT2D eigenvalue weighted by molar-refractivity contribution is 9.10. The first-order chi connectivity index (χ1) is 9.61. The molecule has 0 bridgehead atoms. The summed E-state index contributed by atoms with van der Waals surface area (Å²) in [4.78, 5) is 12.0. The van der Waals surface area contributed by atoms with Gasteiger partial charge in [-0.15, -0.1) is 0 Å². The van der Waals surface area contributed by atoms with Gasteiger partial charge in [0, 0.05) is 22.6 Å². The zero-order valence-electron chi connectivity index (χ0n) is 11.2. The zero-order valence-corrected chi connectivity index (χ0v) is 13.5. The molecule has 1 heterocycles. The minimum atomic E-state index is -0.558. The molecule has 1 N–H and O–H groups in total. The summed E-state index contributed by atoms with van der Waals surface area (Å²) in [6.45, 7) is 1.40. The number of hydrogen-bond donors (Lipinski definition) is 1. The molecule has 0 aromatic heterocycles. The van der Waals surface area contributed by atoms with Crippen molar-refractivity contribution < 1.29 is 14.3 Å². The van der Waals surface area contributed by atoms with Crippen LogP contribution < -0.4 is 5.32 Å². The number of esters is 1. The van der Waals surface area contributed by atoms with Gasteiger partial charge in [0.1, 0.15) is 6.04 Å². The summed E-state index contributed by atoms with van der Waals surface area (Å²) in [6.07, 6.45) is 2.23. The third-order valence-corrected chi connectivity index (χ3v) is 4.24. The average Bonchev–Trinajstić information content (AvgIpc) is 2.95. The molecule has 0 saturated carbocycles. The molecule has 0 radical (unpaired) electrons. The molecule has 4 nitrogen and oxygen atoms in total. The second-order valence-corrected chi connectivity index (χ2v) is 5.96. The topological polar surface area (TPSA) is 47.6 Å². The second-order valence-electron chi connectivity index (χ2n) is 4.67. The second kappa shape index (κ2) is 7.41. The summed E-state index contributed by atoms with van der Waals surface area (Å²) in [5, 5.41) is 3.79. The molecule has 1 aliphatic rings. The summed E-state index contributed by atoms with van der Waals surface area (Å²) in [6, 6.07) is 4.79. The number of ether oxygens (including phenoxy) is 2. The Morgan fingerprint density at radius 2 is 2.45 bits per heavy atom. The van der Waals surface area contributed by atoms with E-state index >= 15 is 0 Å². The number of nitrogens with one attached hydrogen (secondary N) is 1. The van der Waals surface area contributed by atoms with Crippen LogP contribution in [-0.4, -0.2) is 32.3 Å². The Bertz CT molecular complexity index is 477. The SMILES string of the molecule is COC(=O)C(NCC1CCCO1)c1cc(Cl)ccc1Br. The first kappa shape index (κ1) is 15.8. The fourth-order valence-corrected chi connectivity index (χ4v) is 2.88. The normalized spacial score (nSPS) is 19.9. The lowest BCUT2D eigenvalue weighted by Crippen LogP contribution is -2.35. The van der Waals surface area contributed by atoms with Gasteiger partial charge in [0.15, 0.2) is 0 Å². The molecule has 1 saturated heterocycles. The first-order valence-corrected chi connectivity index (χ1v) is 7.66. The summed E-state index contributed by atoms with van der Waals surface area (Å²) < 4.78 is 11.2. The van der Waals surface area contributed by atoms with E-state index in [9.17, 15) is 4.79 Å². The van der Waals surface area contributed by atoms with Crippen molar-refractivity contribution in [2.24, 2.45) is 0 Å². The molecule has 20 heavy (non-hydrogen) atoms. The lowest BCUT2D eigenvalue weighted by Gasteiger charge is -2.20. The van der Waals surface area contributed by atoms with Crippen molar-refractivity contribution in [3.8, 4) is 0 Å². The molecule has 0 amide bonds. The van der Waals surface area contributed by atoms with Crippen molar-refractivity contribution in [3.63, 3.8) is 0 Å². The lowest BCUT2D eigenvalue weighted by molar-refractivity contribution is -0.143. The van der Waals surface area contributed by atoms with Crippen molar-refractivity contribution in [2.75, 3.05) is 20.3 Å². The van der Waals surface area contributed by atoms with E-state index in [1.54, 1.807) is 12.1 Å². The molecule has 6 heteroatoms. The number of methoxy groups -OCH3 is 1. The lowest BCUT2D eigenvalue weighted by atomic mass is 10.1. The fourth-order valence-electron chi connectivity index (χ4n) is 2.23. The van der Waals surface area contributed by atoms with Gasteiger partial charge >= 0.3 is 5.97 Å². The van der Waals surface area contributed by atoms with E-state index in [0.717, 1.165) is 29.5 Å². The number of benzene rings is 1. The minimum Gasteiger partial charge on any atom is -0.468 e. The molecular weight excluding hydrogens is 346 g/mol. The minimum absolute atomic E-state index is 0.153. The molecule has 2 rings (SSSR count). The molecule has 110 valence electrons. The highest BCUT2D eigenvalue weighted by Gasteiger charge is 2.25. The first-order valence-electron chi connectivity index (χ1n) is 6.49. The molecule has 1 aromatic carbocycles. The van der Waals surface area contributed by atoms with E-state index in [-0.39, 0.29) is 12.1 Å². The number of rotatable bonds is 5. The summed E-state index contributed by atoms with van der Waals surface area (Å²) >= 11 is 9.46. The van der Waals surface area contributed by atoms with E-state index in [0.29, 0.717) is 11.6 Å². The van der Waals surface area contributed by atoms with Crippen LogP contribution in [0.2, 0.25) is 5.02 Å². The maximum Gasteiger partial charge on any atom is 0.327 e. The Labute approximate surface area is 131 Å². The number of carbonyl (C=O) groups is 1. The standard InChI is InChI=1S/C14H17BrClNO3/c1-19-14(18)13(17-8-10-3-2-6-20-10)11-7-9(16)4-5-12(11)15/h4-5,7,10,13,17H,2-3,6,8H2,1H3. The number of halogens is 2. The zero-order chi connectivity index (χ0) is 14.5. The molecule has 2 unspecified atom stereocenters. The van der Waals surface area contributed by atoms with Crippen LogP contribution in [0.5, 0.6) is 0 Å². The number of carbonyl (C=O) groups excluding carboxylic acids is 1. The van der Waals surface area contributed by atoms with Gasteiger partial charge in [0.05, 0.1) is 13.2 Å². The summed E-state index contributed by atoms with van der Waals surface area (Å²) in [5.41, 5.74) is 0.766. The van der Waals surface area contributed by atoms with Crippen LogP contribution in [0, 0.1) is 0 Å². The predicted molar refractivity (Wildman–Crippen MR) is 80.9 cm³/mol. The van der Waals surface area contributed by atoms with Gasteiger partial charge in [-0.3, -0.25) is 5.32 Å². The Morgan fingerprint density at radius 1 is 1.65 bits per heavy atom. The molecule has 1 fully saturated rings. The van der Waals surface area contributed by atoms with Crippen molar-refractivity contribution >= 4 is 33.5 Å². The maximum absolute atomic E-state index is 12.0. The Balaban J connectivity index is 2.13. The van der Waals surface area contributed by atoms with Gasteiger partial charge in [0.2, 0.25) is 0 Å². The van der Waals surface area contributed by atoms with Crippen LogP contribution in [0.25, 0.3) is 0 Å². The van der Waals surface area contributed by atoms with Crippen LogP contribution in [-0.2, 0) is 14.3 Å². The smallest absolute Gasteiger partial charge is 0.327 e. The third kappa shape index (κ3) is 3.95. The monoisotopic (exact) mass is 361 g/mol. The van der Waals surface area contributed by atoms with Crippen molar-refractivity contribution in [3.05, 3.63) is 33.3 Å². The predicted octanol–water partition coefficient (Wildman–Crippen LogP) is 3.09. The van der Waals surface area contributed by atoms with Gasteiger partial charge < -0.3 is 9.47 Å². The molecule has 2 atom stereocenters. The van der Waals surface area contributed by atoms with E-state index in [2.05, 4.69) is 21.2 Å². The number of hydrogen-bond acceptors (Lipinski definition) is 4. The van der Waals surface area contributed by atoms with Gasteiger partial charge in [-0.2, -0.15) is 0 Å². The van der Waals surface area contributed by atoms with Gasteiger partial charge in [-0.05, 0) is 36.6 Å². The largest absolute Gasteiger partial charge is 0.468 e. The van der Waals surface area contributed by atoms with E-state index in [1.807, 2.05) is 6.07 Å². The van der Waals surface area contributed by atoms with Crippen LogP contribution in [0.1, 0.15) is 24.4 Å². The van der Waals surface area contributed by atoms with Crippen molar-refractivity contribution in [2.45, 2.75) is 25.0 Å². The van der Waals surface area contributed by atoms with Gasteiger partial charge in [-0.25, -0.2) is 4.79 Å². The highest BCUT2D eigenvalue weighted by atomic mass is 79.9. The van der Waals surface area contributed by atoms with Crippen LogP contribution >= 0.6 is 27.5 Å². The van der Waals surface area contributed by atoms with E-state index in [4.69, 9.17) is 21.1 Å². The highest BCUT2D eigenvalue weighted by Crippen LogP contribution is 2.28. The van der Waals surface area contributed by atoms with Crippen molar-refractivity contribution in [1.82, 2.24) is 5.32 Å². The van der Waals surface area contributed by atoms with Gasteiger partial charge in [0.25, 0.3) is 0 Å². The quantitative estimate of drug-likeness (QED) is 0.818. The van der Waals surface area contributed by atoms with E-state index in [1.165, 1.54) is 7.11 Å². The molecule has 1 aliphatic heterocycles. The van der Waals surface area contributed by atoms with Crippen LogP contribution in [0.3, 0.4) is 0 Å². The van der Waals surface area contributed by atoms with Crippen LogP contribution in [0.4, 0.5) is 0 Å². The average molecular weight is 363 g/mol. The Morgan fingerprint density at radius 3 is 3.10 bits per heavy atom. The fraction of sp³-hybridized carbons (Fsp3) is 0.500. The van der Waals surface area contributed by atoms with Gasteiger partial charge in [-0.1, -0.05) is 27.5 Å². The molecule has 1 aromatic rings. The molecule has 0 aliphatic carbocycles.